The zero-order valence-corrected chi connectivity index (χ0v) is 10.9. The van der Waals surface area contributed by atoms with E-state index in [0.29, 0.717) is 23.9 Å². The fourth-order valence-electron chi connectivity index (χ4n) is 2.36. The van der Waals surface area contributed by atoms with Crippen LogP contribution < -0.4 is 5.32 Å². The summed E-state index contributed by atoms with van der Waals surface area (Å²) in [5.74, 6) is 0.348. The Morgan fingerprint density at radius 2 is 2.28 bits per heavy atom. The minimum atomic E-state index is -0.336. The van der Waals surface area contributed by atoms with Gasteiger partial charge in [-0.2, -0.15) is 0 Å². The first kappa shape index (κ1) is 13.1. The van der Waals surface area contributed by atoms with Crippen LogP contribution in [0, 0.1) is 0 Å². The molecule has 1 saturated heterocycles. The normalized spacial score (nSPS) is 17.1. The lowest BCUT2D eigenvalue weighted by atomic mass is 10.1. The third-order valence-electron chi connectivity index (χ3n) is 3.48. The predicted octanol–water partition coefficient (Wildman–Crippen LogP) is 1.25. The van der Waals surface area contributed by atoms with Crippen LogP contribution in [0.1, 0.15) is 29.0 Å². The van der Waals surface area contributed by atoms with E-state index in [1.807, 2.05) is 0 Å². The molecule has 100 valence electrons. The standard InChI is InChI=1S/C13H20N2O3/c1-15(10-3-6-14-7-4-10)9-12-11(5-8-18-12)13(16)17-2/h5,8,10,14H,3-4,6-7,9H2,1-2H3. The van der Waals surface area contributed by atoms with Crippen LogP contribution in [0.25, 0.3) is 0 Å². The highest BCUT2D eigenvalue weighted by atomic mass is 16.5. The molecule has 0 spiro atoms. The number of rotatable bonds is 4. The molecule has 2 rings (SSSR count). The number of methoxy groups -OCH3 is 1. The van der Waals surface area contributed by atoms with Crippen molar-refractivity contribution in [2.45, 2.75) is 25.4 Å². The summed E-state index contributed by atoms with van der Waals surface area (Å²) < 4.78 is 10.1. The molecule has 0 unspecified atom stereocenters. The number of carbonyl (C=O) groups excluding carboxylic acids is 1. The molecule has 1 aliphatic rings. The smallest absolute Gasteiger partial charge is 0.341 e. The molecule has 1 N–H and O–H groups in total. The zero-order chi connectivity index (χ0) is 13.0. The lowest BCUT2D eigenvalue weighted by molar-refractivity contribution is 0.0595. The topological polar surface area (TPSA) is 54.7 Å². The maximum Gasteiger partial charge on any atom is 0.341 e. The van der Waals surface area contributed by atoms with E-state index in [-0.39, 0.29) is 5.97 Å². The number of ether oxygens (including phenoxy) is 1. The fraction of sp³-hybridized carbons (Fsp3) is 0.615. The van der Waals surface area contributed by atoms with Crippen LogP contribution in [0.4, 0.5) is 0 Å². The van der Waals surface area contributed by atoms with Gasteiger partial charge in [-0.15, -0.1) is 0 Å². The first-order valence-corrected chi connectivity index (χ1v) is 6.28. The second kappa shape index (κ2) is 6.02. The highest BCUT2D eigenvalue weighted by Gasteiger charge is 2.21. The van der Waals surface area contributed by atoms with Crippen molar-refractivity contribution in [3.05, 3.63) is 23.7 Å². The van der Waals surface area contributed by atoms with Gasteiger partial charge in [0.1, 0.15) is 11.3 Å². The van der Waals surface area contributed by atoms with Gasteiger partial charge in [0.2, 0.25) is 0 Å². The molecule has 0 aromatic carbocycles. The number of furan rings is 1. The molecule has 1 aromatic heterocycles. The summed E-state index contributed by atoms with van der Waals surface area (Å²) in [4.78, 5) is 13.8. The second-order valence-corrected chi connectivity index (χ2v) is 4.65. The van der Waals surface area contributed by atoms with Crippen molar-refractivity contribution in [1.82, 2.24) is 10.2 Å². The van der Waals surface area contributed by atoms with E-state index in [9.17, 15) is 4.79 Å². The summed E-state index contributed by atoms with van der Waals surface area (Å²) in [6.07, 6.45) is 3.80. The monoisotopic (exact) mass is 252 g/mol. The van der Waals surface area contributed by atoms with Gasteiger partial charge in [0.15, 0.2) is 0 Å². The number of hydrogen-bond acceptors (Lipinski definition) is 5. The molecular weight excluding hydrogens is 232 g/mol. The maximum atomic E-state index is 11.5. The molecule has 5 heteroatoms. The Balaban J connectivity index is 2.00. The van der Waals surface area contributed by atoms with Crippen molar-refractivity contribution in [2.24, 2.45) is 0 Å². The molecule has 0 bridgehead atoms. The average Bonchev–Trinajstić information content (AvgIpc) is 2.87. The van der Waals surface area contributed by atoms with Crippen molar-refractivity contribution in [3.8, 4) is 0 Å². The molecule has 0 amide bonds. The van der Waals surface area contributed by atoms with Gasteiger partial charge in [-0.3, -0.25) is 4.90 Å². The van der Waals surface area contributed by atoms with Crippen LogP contribution in [-0.4, -0.2) is 44.2 Å². The number of esters is 1. The number of piperidine rings is 1. The van der Waals surface area contributed by atoms with E-state index in [4.69, 9.17) is 9.15 Å². The molecule has 0 saturated carbocycles. The minimum absolute atomic E-state index is 0.336. The van der Waals surface area contributed by atoms with Crippen molar-refractivity contribution in [3.63, 3.8) is 0 Å². The van der Waals surface area contributed by atoms with Gasteiger partial charge in [0, 0.05) is 6.04 Å². The molecule has 5 nitrogen and oxygen atoms in total. The fourth-order valence-corrected chi connectivity index (χ4v) is 2.36. The van der Waals surface area contributed by atoms with Crippen LogP contribution in [0.5, 0.6) is 0 Å². The number of carbonyl (C=O) groups is 1. The molecule has 0 aliphatic carbocycles. The first-order chi connectivity index (χ1) is 8.72. The van der Waals surface area contributed by atoms with E-state index in [1.54, 1.807) is 6.07 Å². The molecule has 1 aliphatic heterocycles. The van der Waals surface area contributed by atoms with Crippen LogP contribution in [0.15, 0.2) is 16.7 Å². The zero-order valence-electron chi connectivity index (χ0n) is 10.9. The van der Waals surface area contributed by atoms with Gasteiger partial charge >= 0.3 is 5.97 Å². The van der Waals surface area contributed by atoms with Gasteiger partial charge in [-0.05, 0) is 39.0 Å². The number of nitrogens with one attached hydrogen (secondary N) is 1. The van der Waals surface area contributed by atoms with E-state index < -0.39 is 0 Å². The minimum Gasteiger partial charge on any atom is -0.467 e. The van der Waals surface area contributed by atoms with Gasteiger partial charge in [-0.25, -0.2) is 4.79 Å². The van der Waals surface area contributed by atoms with Crippen LogP contribution in [0.3, 0.4) is 0 Å². The van der Waals surface area contributed by atoms with Crippen LogP contribution in [0.2, 0.25) is 0 Å². The number of nitrogens with zero attached hydrogens (tertiary/aromatic N) is 1. The van der Waals surface area contributed by atoms with Crippen molar-refractivity contribution in [2.75, 3.05) is 27.2 Å². The Kier molecular flexibility index (Phi) is 4.38. The third-order valence-corrected chi connectivity index (χ3v) is 3.48. The Morgan fingerprint density at radius 1 is 1.56 bits per heavy atom. The van der Waals surface area contributed by atoms with E-state index in [0.717, 1.165) is 25.9 Å². The van der Waals surface area contributed by atoms with Gasteiger partial charge in [0.25, 0.3) is 0 Å². The van der Waals surface area contributed by atoms with Gasteiger partial charge < -0.3 is 14.5 Å². The van der Waals surface area contributed by atoms with E-state index in [2.05, 4.69) is 17.3 Å². The third kappa shape index (κ3) is 2.91. The van der Waals surface area contributed by atoms with Crippen LogP contribution in [-0.2, 0) is 11.3 Å². The summed E-state index contributed by atoms with van der Waals surface area (Å²) in [5.41, 5.74) is 0.526. The number of hydrogen-bond donors (Lipinski definition) is 1. The predicted molar refractivity (Wildman–Crippen MR) is 67.4 cm³/mol. The van der Waals surface area contributed by atoms with Crippen molar-refractivity contribution < 1.29 is 13.9 Å². The maximum absolute atomic E-state index is 11.5. The molecule has 0 radical (unpaired) electrons. The quantitative estimate of drug-likeness (QED) is 0.817. The molecule has 2 heterocycles. The average molecular weight is 252 g/mol. The van der Waals surface area contributed by atoms with Crippen molar-refractivity contribution >= 4 is 5.97 Å². The summed E-state index contributed by atoms with van der Waals surface area (Å²) in [6.45, 7) is 2.75. The van der Waals surface area contributed by atoms with Crippen LogP contribution >= 0.6 is 0 Å². The second-order valence-electron chi connectivity index (χ2n) is 4.65. The highest BCUT2D eigenvalue weighted by molar-refractivity contribution is 5.90. The highest BCUT2D eigenvalue weighted by Crippen LogP contribution is 2.18. The summed E-state index contributed by atoms with van der Waals surface area (Å²) in [5, 5.41) is 3.34. The Labute approximate surface area is 107 Å². The van der Waals surface area contributed by atoms with Gasteiger partial charge in [0.05, 0.1) is 19.9 Å². The Morgan fingerprint density at radius 3 is 2.94 bits per heavy atom. The molecular formula is C13H20N2O3. The summed E-state index contributed by atoms with van der Waals surface area (Å²) in [7, 11) is 3.45. The summed E-state index contributed by atoms with van der Waals surface area (Å²) in [6, 6.07) is 2.21. The van der Waals surface area contributed by atoms with E-state index >= 15 is 0 Å². The lowest BCUT2D eigenvalue weighted by Gasteiger charge is -2.31. The Bertz CT molecular complexity index is 397. The molecule has 0 atom stereocenters. The van der Waals surface area contributed by atoms with E-state index in [1.165, 1.54) is 13.4 Å². The Hall–Kier alpha value is -1.33. The molecule has 1 fully saturated rings. The van der Waals surface area contributed by atoms with Gasteiger partial charge in [-0.1, -0.05) is 0 Å². The summed E-state index contributed by atoms with van der Waals surface area (Å²) >= 11 is 0. The van der Waals surface area contributed by atoms with Crippen molar-refractivity contribution in [1.29, 1.82) is 0 Å². The molecule has 1 aromatic rings. The molecule has 18 heavy (non-hydrogen) atoms. The SMILES string of the molecule is COC(=O)c1ccoc1CN(C)C1CCNCC1. The first-order valence-electron chi connectivity index (χ1n) is 6.28. The largest absolute Gasteiger partial charge is 0.467 e. The lowest BCUT2D eigenvalue weighted by Crippen LogP contribution is -2.40.